The highest BCUT2D eigenvalue weighted by atomic mass is 32.1. The molecule has 1 aromatic heterocycles. The molecule has 0 aliphatic carbocycles. The van der Waals surface area contributed by atoms with Crippen LogP contribution in [-0.2, 0) is 11.3 Å². The van der Waals surface area contributed by atoms with Gasteiger partial charge in [0.15, 0.2) is 0 Å². The van der Waals surface area contributed by atoms with Crippen molar-refractivity contribution in [1.29, 1.82) is 0 Å². The number of cyclic esters (lactones) is 1. The molecule has 3 heterocycles. The van der Waals surface area contributed by atoms with Gasteiger partial charge >= 0.3 is 6.09 Å². The fourth-order valence-corrected chi connectivity index (χ4v) is 3.86. The molecule has 2 fully saturated rings. The van der Waals surface area contributed by atoms with Gasteiger partial charge in [-0.15, -0.1) is 11.3 Å². The molecular weight excluding hydrogens is 298 g/mol. The molecule has 0 saturated carbocycles. The Morgan fingerprint density at radius 2 is 2.14 bits per heavy atom. The highest BCUT2D eigenvalue weighted by Crippen LogP contribution is 2.24. The van der Waals surface area contributed by atoms with Gasteiger partial charge in [0.05, 0.1) is 18.3 Å². The normalized spacial score (nSPS) is 21.7. The van der Waals surface area contributed by atoms with Gasteiger partial charge in [-0.1, -0.05) is 30.3 Å². The third-order valence-corrected chi connectivity index (χ3v) is 5.01. The van der Waals surface area contributed by atoms with Gasteiger partial charge in [0.25, 0.3) is 0 Å². The zero-order valence-corrected chi connectivity index (χ0v) is 13.0. The van der Waals surface area contributed by atoms with Gasteiger partial charge in [0.1, 0.15) is 11.6 Å². The monoisotopic (exact) mass is 315 g/mol. The number of carbonyl (C=O) groups excluding carboxylic acids is 1. The lowest BCUT2D eigenvalue weighted by Gasteiger charge is -2.34. The minimum absolute atomic E-state index is 0.162. The molecule has 2 aliphatic heterocycles. The molecule has 1 atom stereocenters. The Morgan fingerprint density at radius 1 is 1.27 bits per heavy atom. The lowest BCUT2D eigenvalue weighted by Crippen LogP contribution is -2.51. The van der Waals surface area contributed by atoms with Crippen LogP contribution in [0.3, 0.4) is 0 Å². The highest BCUT2D eigenvalue weighted by Gasteiger charge is 2.37. The van der Waals surface area contributed by atoms with Crippen LogP contribution < -0.4 is 0 Å². The number of ether oxygens (including phenoxy) is 1. The smallest absolute Gasteiger partial charge is 0.410 e. The van der Waals surface area contributed by atoms with E-state index in [4.69, 9.17) is 9.72 Å². The lowest BCUT2D eigenvalue weighted by molar-refractivity contribution is 0.115. The van der Waals surface area contributed by atoms with Crippen molar-refractivity contribution in [3.63, 3.8) is 0 Å². The largest absolute Gasteiger partial charge is 0.447 e. The molecule has 1 aromatic carbocycles. The molecule has 0 bridgehead atoms. The fourth-order valence-electron chi connectivity index (χ4n) is 3.01. The Balaban J connectivity index is 1.42. The van der Waals surface area contributed by atoms with Crippen LogP contribution in [0.1, 0.15) is 5.01 Å². The Hall–Kier alpha value is -1.92. The lowest BCUT2D eigenvalue weighted by atomic mass is 10.2. The van der Waals surface area contributed by atoms with Crippen molar-refractivity contribution >= 4 is 17.4 Å². The second-order valence-corrected chi connectivity index (χ2v) is 6.59. The SMILES string of the molecule is O=C1OCC2CN(Cc3nc(-c4ccccc4)cs3)CCN12. The summed E-state index contributed by atoms with van der Waals surface area (Å²) in [5.74, 6) is 0. The highest BCUT2D eigenvalue weighted by molar-refractivity contribution is 7.09. The van der Waals surface area contributed by atoms with Crippen molar-refractivity contribution in [3.05, 3.63) is 40.7 Å². The number of aromatic nitrogens is 1. The van der Waals surface area contributed by atoms with E-state index in [0.717, 1.165) is 42.4 Å². The predicted molar refractivity (Wildman–Crippen MR) is 84.7 cm³/mol. The molecule has 22 heavy (non-hydrogen) atoms. The van der Waals surface area contributed by atoms with Gasteiger partial charge in [-0.25, -0.2) is 9.78 Å². The standard InChI is InChI=1S/C16H17N3O2S/c20-16-19-7-6-18(8-13(19)10-21-16)9-15-17-14(11-22-15)12-4-2-1-3-5-12/h1-5,11,13H,6-10H2. The fraction of sp³-hybridized carbons (Fsp3) is 0.375. The molecule has 2 aliphatic rings. The van der Waals surface area contributed by atoms with Crippen LogP contribution in [-0.4, -0.2) is 53.2 Å². The third kappa shape index (κ3) is 2.60. The number of carbonyl (C=O) groups is 1. The summed E-state index contributed by atoms with van der Waals surface area (Å²) in [6.07, 6.45) is -0.162. The van der Waals surface area contributed by atoms with E-state index >= 15 is 0 Å². The number of rotatable bonds is 3. The summed E-state index contributed by atoms with van der Waals surface area (Å²) in [5, 5.41) is 3.24. The maximum absolute atomic E-state index is 11.5. The number of benzene rings is 1. The van der Waals surface area contributed by atoms with Gasteiger partial charge in [0, 0.05) is 30.6 Å². The van der Waals surface area contributed by atoms with E-state index < -0.39 is 0 Å². The number of fused-ring (bicyclic) bond motifs is 1. The molecule has 0 N–H and O–H groups in total. The van der Waals surface area contributed by atoms with Crippen molar-refractivity contribution < 1.29 is 9.53 Å². The average molecular weight is 315 g/mol. The van der Waals surface area contributed by atoms with Gasteiger partial charge in [-0.05, 0) is 0 Å². The zero-order valence-electron chi connectivity index (χ0n) is 12.1. The van der Waals surface area contributed by atoms with E-state index in [1.54, 1.807) is 11.3 Å². The van der Waals surface area contributed by atoms with Crippen LogP contribution >= 0.6 is 11.3 Å². The maximum Gasteiger partial charge on any atom is 0.410 e. The van der Waals surface area contributed by atoms with E-state index in [-0.39, 0.29) is 12.1 Å². The number of nitrogens with zero attached hydrogens (tertiary/aromatic N) is 3. The molecule has 6 heteroatoms. The van der Waals surface area contributed by atoms with Crippen molar-refractivity contribution in [1.82, 2.24) is 14.8 Å². The molecule has 114 valence electrons. The van der Waals surface area contributed by atoms with Gasteiger partial charge in [0.2, 0.25) is 0 Å². The first-order valence-corrected chi connectivity index (χ1v) is 8.33. The summed E-state index contributed by atoms with van der Waals surface area (Å²) in [6, 6.07) is 10.4. The van der Waals surface area contributed by atoms with Crippen molar-refractivity contribution in [2.24, 2.45) is 0 Å². The molecule has 5 nitrogen and oxygen atoms in total. The van der Waals surface area contributed by atoms with Gasteiger partial charge in [-0.2, -0.15) is 0 Å². The molecule has 4 rings (SSSR count). The van der Waals surface area contributed by atoms with E-state index in [1.165, 1.54) is 0 Å². The van der Waals surface area contributed by atoms with Crippen LogP contribution in [0.4, 0.5) is 4.79 Å². The summed E-state index contributed by atoms with van der Waals surface area (Å²) in [5.41, 5.74) is 2.20. The molecule has 0 spiro atoms. The van der Waals surface area contributed by atoms with Crippen molar-refractivity contribution in [2.45, 2.75) is 12.6 Å². The van der Waals surface area contributed by atoms with E-state index in [9.17, 15) is 4.79 Å². The van der Waals surface area contributed by atoms with E-state index in [1.807, 2.05) is 23.1 Å². The number of hydrogen-bond donors (Lipinski definition) is 0. The Labute approximate surface area is 133 Å². The van der Waals surface area contributed by atoms with E-state index in [2.05, 4.69) is 22.4 Å². The number of piperazine rings is 1. The predicted octanol–water partition coefficient (Wildman–Crippen LogP) is 2.45. The maximum atomic E-state index is 11.5. The van der Waals surface area contributed by atoms with Crippen LogP contribution in [0.5, 0.6) is 0 Å². The van der Waals surface area contributed by atoms with Gasteiger partial charge in [-0.3, -0.25) is 9.80 Å². The minimum Gasteiger partial charge on any atom is -0.447 e. The van der Waals surface area contributed by atoms with Crippen LogP contribution in [0.25, 0.3) is 11.3 Å². The first-order valence-electron chi connectivity index (χ1n) is 7.45. The number of amides is 1. The van der Waals surface area contributed by atoms with Crippen LogP contribution in [0, 0.1) is 0 Å². The molecule has 1 unspecified atom stereocenters. The first-order chi connectivity index (χ1) is 10.8. The molecule has 2 saturated heterocycles. The number of thiazole rings is 1. The summed E-state index contributed by atoms with van der Waals surface area (Å²) >= 11 is 1.70. The van der Waals surface area contributed by atoms with Crippen LogP contribution in [0.15, 0.2) is 35.7 Å². The molecule has 2 aromatic rings. The third-order valence-electron chi connectivity index (χ3n) is 4.18. The summed E-state index contributed by atoms with van der Waals surface area (Å²) in [4.78, 5) is 20.4. The molecule has 1 amide bonds. The Kier molecular flexibility index (Phi) is 3.56. The first kappa shape index (κ1) is 13.7. The number of hydrogen-bond acceptors (Lipinski definition) is 5. The van der Waals surface area contributed by atoms with Crippen molar-refractivity contribution in [3.8, 4) is 11.3 Å². The topological polar surface area (TPSA) is 45.7 Å². The summed E-state index contributed by atoms with van der Waals surface area (Å²) < 4.78 is 5.11. The minimum atomic E-state index is -0.162. The second kappa shape index (κ2) is 5.70. The van der Waals surface area contributed by atoms with Crippen LogP contribution in [0.2, 0.25) is 0 Å². The average Bonchev–Trinajstić information content (AvgIpc) is 3.16. The quantitative estimate of drug-likeness (QED) is 0.873. The van der Waals surface area contributed by atoms with E-state index in [0.29, 0.717) is 6.61 Å². The second-order valence-electron chi connectivity index (χ2n) is 5.65. The summed E-state index contributed by atoms with van der Waals surface area (Å²) in [7, 11) is 0. The molecular formula is C16H17N3O2S. The van der Waals surface area contributed by atoms with Gasteiger partial charge < -0.3 is 4.74 Å². The summed E-state index contributed by atoms with van der Waals surface area (Å²) in [6.45, 7) is 3.86. The Bertz CT molecular complexity index is 673. The van der Waals surface area contributed by atoms with Crippen molar-refractivity contribution in [2.75, 3.05) is 26.2 Å². The zero-order chi connectivity index (χ0) is 14.9. The Morgan fingerprint density at radius 3 is 3.00 bits per heavy atom. The molecule has 0 radical (unpaired) electrons.